The molecule has 0 aromatic carbocycles. The Morgan fingerprint density at radius 1 is 1.46 bits per heavy atom. The zero-order valence-electron chi connectivity index (χ0n) is 7.84. The van der Waals surface area contributed by atoms with Crippen molar-refractivity contribution in [3.05, 3.63) is 11.6 Å². The Bertz CT molecular complexity index is 201. The third-order valence-corrected chi connectivity index (χ3v) is 3.22. The Morgan fingerprint density at radius 3 is 2.92 bits per heavy atom. The summed E-state index contributed by atoms with van der Waals surface area (Å²) in [5.41, 5.74) is 1.82. The molecule has 2 aliphatic rings. The largest absolute Gasteiger partial charge is 0.372 e. The van der Waals surface area contributed by atoms with E-state index >= 15 is 0 Å². The van der Waals surface area contributed by atoms with Gasteiger partial charge in [-0.3, -0.25) is 4.90 Å². The summed E-state index contributed by atoms with van der Waals surface area (Å²) >= 11 is 5.50. The molecule has 1 heterocycles. The zero-order chi connectivity index (χ0) is 9.15. The maximum absolute atomic E-state index is 5.81. The lowest BCUT2D eigenvalue weighted by Gasteiger charge is -2.48. The first-order valence-electron chi connectivity index (χ1n) is 4.96. The normalized spacial score (nSPS) is 28.1. The van der Waals surface area contributed by atoms with Crippen LogP contribution in [0.1, 0.15) is 19.3 Å². The van der Waals surface area contributed by atoms with Crippen LogP contribution in [0.3, 0.4) is 0 Å². The lowest BCUT2D eigenvalue weighted by atomic mass is 9.79. The van der Waals surface area contributed by atoms with Gasteiger partial charge in [0.25, 0.3) is 0 Å². The molecule has 2 rings (SSSR count). The summed E-state index contributed by atoms with van der Waals surface area (Å²) < 4.78 is 5.81. The van der Waals surface area contributed by atoms with Gasteiger partial charge in [0.15, 0.2) is 0 Å². The molecular weight excluding hydrogens is 186 g/mol. The molecule has 1 spiro atoms. The van der Waals surface area contributed by atoms with Crippen LogP contribution in [-0.2, 0) is 4.74 Å². The SMILES string of the molecule is Cl/C=C/CN1CCOC2(CCC2)C1. The fourth-order valence-corrected chi connectivity index (χ4v) is 2.22. The fraction of sp³-hybridized carbons (Fsp3) is 0.800. The van der Waals surface area contributed by atoms with Crippen LogP contribution in [0, 0.1) is 0 Å². The van der Waals surface area contributed by atoms with E-state index in [4.69, 9.17) is 16.3 Å². The third kappa shape index (κ3) is 2.06. The molecule has 0 bridgehead atoms. The average molecular weight is 202 g/mol. The summed E-state index contributed by atoms with van der Waals surface area (Å²) in [6.45, 7) is 3.99. The van der Waals surface area contributed by atoms with Gasteiger partial charge in [-0.15, -0.1) is 0 Å². The van der Waals surface area contributed by atoms with E-state index in [1.54, 1.807) is 5.54 Å². The fourth-order valence-electron chi connectivity index (χ4n) is 2.14. The van der Waals surface area contributed by atoms with Crippen molar-refractivity contribution < 1.29 is 4.74 Å². The maximum atomic E-state index is 5.81. The summed E-state index contributed by atoms with van der Waals surface area (Å²) in [7, 11) is 0. The van der Waals surface area contributed by atoms with Gasteiger partial charge in [0.05, 0.1) is 12.2 Å². The lowest BCUT2D eigenvalue weighted by molar-refractivity contribution is -0.149. The van der Waals surface area contributed by atoms with E-state index in [9.17, 15) is 0 Å². The molecule has 1 saturated carbocycles. The van der Waals surface area contributed by atoms with Crippen LogP contribution in [-0.4, -0.2) is 36.7 Å². The first-order valence-corrected chi connectivity index (χ1v) is 5.40. The molecule has 2 fully saturated rings. The highest BCUT2D eigenvalue weighted by Crippen LogP contribution is 2.37. The Balaban J connectivity index is 1.85. The molecule has 0 aromatic rings. The summed E-state index contributed by atoms with van der Waals surface area (Å²) in [4.78, 5) is 2.42. The highest BCUT2D eigenvalue weighted by atomic mass is 35.5. The number of hydrogen-bond acceptors (Lipinski definition) is 2. The molecule has 0 aromatic heterocycles. The molecule has 0 amide bonds. The highest BCUT2D eigenvalue weighted by molar-refractivity contribution is 6.25. The van der Waals surface area contributed by atoms with Crippen LogP contribution in [0.4, 0.5) is 0 Å². The highest BCUT2D eigenvalue weighted by Gasteiger charge is 2.41. The van der Waals surface area contributed by atoms with Crippen molar-refractivity contribution in [2.45, 2.75) is 24.9 Å². The first kappa shape index (κ1) is 9.50. The van der Waals surface area contributed by atoms with Crippen molar-refractivity contribution in [1.82, 2.24) is 4.90 Å². The van der Waals surface area contributed by atoms with E-state index in [1.807, 2.05) is 6.08 Å². The number of nitrogens with zero attached hydrogens (tertiary/aromatic N) is 1. The lowest BCUT2D eigenvalue weighted by Crippen LogP contribution is -2.55. The van der Waals surface area contributed by atoms with Crippen LogP contribution in [0.2, 0.25) is 0 Å². The van der Waals surface area contributed by atoms with Crippen LogP contribution >= 0.6 is 11.6 Å². The van der Waals surface area contributed by atoms with Gasteiger partial charge >= 0.3 is 0 Å². The van der Waals surface area contributed by atoms with E-state index in [2.05, 4.69) is 4.90 Å². The maximum Gasteiger partial charge on any atom is 0.0809 e. The van der Waals surface area contributed by atoms with Crippen molar-refractivity contribution in [2.75, 3.05) is 26.2 Å². The average Bonchev–Trinajstić information content (AvgIpc) is 2.13. The molecule has 3 heteroatoms. The second kappa shape index (κ2) is 3.99. The second-order valence-corrected chi connectivity index (χ2v) is 4.23. The minimum absolute atomic E-state index is 0.221. The number of morpholine rings is 1. The smallest absolute Gasteiger partial charge is 0.0809 e. The topological polar surface area (TPSA) is 12.5 Å². The van der Waals surface area contributed by atoms with Crippen LogP contribution in [0.15, 0.2) is 11.6 Å². The Kier molecular flexibility index (Phi) is 2.92. The van der Waals surface area contributed by atoms with Crippen LogP contribution < -0.4 is 0 Å². The quantitative estimate of drug-likeness (QED) is 0.678. The van der Waals surface area contributed by atoms with Gasteiger partial charge in [-0.1, -0.05) is 17.7 Å². The van der Waals surface area contributed by atoms with Gasteiger partial charge in [-0.2, -0.15) is 0 Å². The molecule has 13 heavy (non-hydrogen) atoms. The molecular formula is C10H16ClNO. The predicted molar refractivity (Wildman–Crippen MR) is 54.0 cm³/mol. The summed E-state index contributed by atoms with van der Waals surface area (Å²) in [6.07, 6.45) is 5.82. The summed E-state index contributed by atoms with van der Waals surface area (Å²) in [5.74, 6) is 0. The van der Waals surface area contributed by atoms with Crippen molar-refractivity contribution in [1.29, 1.82) is 0 Å². The van der Waals surface area contributed by atoms with Crippen molar-refractivity contribution in [3.63, 3.8) is 0 Å². The van der Waals surface area contributed by atoms with Crippen molar-refractivity contribution >= 4 is 11.6 Å². The van der Waals surface area contributed by atoms with E-state index < -0.39 is 0 Å². The molecule has 2 nitrogen and oxygen atoms in total. The minimum atomic E-state index is 0.221. The van der Waals surface area contributed by atoms with E-state index in [0.29, 0.717) is 0 Å². The van der Waals surface area contributed by atoms with Crippen molar-refractivity contribution in [3.8, 4) is 0 Å². The summed E-state index contributed by atoms with van der Waals surface area (Å²) in [5, 5.41) is 0. The molecule has 0 atom stereocenters. The summed E-state index contributed by atoms with van der Waals surface area (Å²) in [6, 6.07) is 0. The van der Waals surface area contributed by atoms with Gasteiger partial charge in [0.1, 0.15) is 0 Å². The first-order chi connectivity index (χ1) is 6.35. The van der Waals surface area contributed by atoms with E-state index in [0.717, 1.165) is 26.2 Å². The van der Waals surface area contributed by atoms with Gasteiger partial charge in [0, 0.05) is 25.2 Å². The van der Waals surface area contributed by atoms with E-state index in [-0.39, 0.29) is 5.60 Å². The molecule has 1 aliphatic heterocycles. The Labute approximate surface area is 84.5 Å². The van der Waals surface area contributed by atoms with Crippen molar-refractivity contribution in [2.24, 2.45) is 0 Å². The number of rotatable bonds is 2. The molecule has 0 N–H and O–H groups in total. The van der Waals surface area contributed by atoms with Gasteiger partial charge in [-0.05, 0) is 19.3 Å². The standard InChI is InChI=1S/C10H16ClNO/c11-5-2-6-12-7-8-13-10(9-12)3-1-4-10/h2,5H,1,3-4,6-9H2/b5-2+. The minimum Gasteiger partial charge on any atom is -0.372 e. The van der Waals surface area contributed by atoms with Crippen LogP contribution in [0.5, 0.6) is 0 Å². The number of ether oxygens (including phenoxy) is 1. The molecule has 1 saturated heterocycles. The van der Waals surface area contributed by atoms with Crippen LogP contribution in [0.25, 0.3) is 0 Å². The number of halogens is 1. The molecule has 1 aliphatic carbocycles. The van der Waals surface area contributed by atoms with E-state index in [1.165, 1.54) is 19.3 Å². The molecule has 0 radical (unpaired) electrons. The second-order valence-electron chi connectivity index (χ2n) is 3.98. The van der Waals surface area contributed by atoms with Gasteiger partial charge < -0.3 is 4.74 Å². The van der Waals surface area contributed by atoms with Gasteiger partial charge in [0.2, 0.25) is 0 Å². The molecule has 74 valence electrons. The molecule has 0 unspecified atom stereocenters. The van der Waals surface area contributed by atoms with Gasteiger partial charge in [-0.25, -0.2) is 0 Å². The predicted octanol–water partition coefficient (Wildman–Crippen LogP) is 1.99. The Morgan fingerprint density at radius 2 is 2.31 bits per heavy atom. The Hall–Kier alpha value is -0.0500. The monoisotopic (exact) mass is 201 g/mol. The number of hydrogen-bond donors (Lipinski definition) is 0. The third-order valence-electron chi connectivity index (χ3n) is 3.05. The zero-order valence-corrected chi connectivity index (χ0v) is 8.59.